The van der Waals surface area contributed by atoms with Gasteiger partial charge in [0.25, 0.3) is 5.91 Å². The van der Waals surface area contributed by atoms with E-state index in [4.69, 9.17) is 4.74 Å². The standard InChI is InChI=1S/C27H41N3O4/c1-28-14-8-22(9-15-28)20-25(32)29-13-5-4-10-27(21-31)11-16-30(17-12-27)26(33)23-6-2-3-7-24(23)34-19-18-29/h2-3,6-7,22,31H,4-5,8-21H2,1H3. The van der Waals surface area contributed by atoms with Crippen molar-refractivity contribution >= 4 is 11.8 Å². The average molecular weight is 472 g/mol. The van der Waals surface area contributed by atoms with E-state index in [0.717, 1.165) is 64.6 Å². The highest BCUT2D eigenvalue weighted by Crippen LogP contribution is 2.37. The summed E-state index contributed by atoms with van der Waals surface area (Å²) in [6, 6.07) is 7.43. The Bertz CT molecular complexity index is 829. The van der Waals surface area contributed by atoms with E-state index in [2.05, 4.69) is 11.9 Å². The zero-order valence-corrected chi connectivity index (χ0v) is 20.7. The smallest absolute Gasteiger partial charge is 0.257 e. The first kappa shape index (κ1) is 25.0. The van der Waals surface area contributed by atoms with E-state index < -0.39 is 0 Å². The lowest BCUT2D eigenvalue weighted by molar-refractivity contribution is -0.133. The summed E-state index contributed by atoms with van der Waals surface area (Å²) in [7, 11) is 2.14. The van der Waals surface area contributed by atoms with Gasteiger partial charge < -0.3 is 24.5 Å². The van der Waals surface area contributed by atoms with E-state index in [1.165, 1.54) is 0 Å². The molecule has 5 rings (SSSR count). The molecular formula is C27H41N3O4. The number of piperidine rings is 2. The van der Waals surface area contributed by atoms with Gasteiger partial charge in [-0.15, -0.1) is 0 Å². The molecule has 188 valence electrons. The molecular weight excluding hydrogens is 430 g/mol. The minimum Gasteiger partial charge on any atom is -0.491 e. The van der Waals surface area contributed by atoms with Crippen LogP contribution in [0.15, 0.2) is 24.3 Å². The lowest BCUT2D eigenvalue weighted by atomic mass is 9.75. The predicted octanol–water partition coefficient (Wildman–Crippen LogP) is 3.02. The zero-order valence-electron chi connectivity index (χ0n) is 20.7. The quantitative estimate of drug-likeness (QED) is 0.734. The lowest BCUT2D eigenvalue weighted by Gasteiger charge is -2.41. The third-order valence-corrected chi connectivity index (χ3v) is 8.22. The van der Waals surface area contributed by atoms with Crippen LogP contribution in [-0.2, 0) is 4.79 Å². The summed E-state index contributed by atoms with van der Waals surface area (Å²) in [5, 5.41) is 10.2. The van der Waals surface area contributed by atoms with Crippen LogP contribution < -0.4 is 4.74 Å². The molecule has 4 heterocycles. The number of hydrogen-bond donors (Lipinski definition) is 1. The van der Waals surface area contributed by atoms with Crippen LogP contribution in [-0.4, -0.2) is 91.2 Å². The number of ether oxygens (including phenoxy) is 1. The summed E-state index contributed by atoms with van der Waals surface area (Å²) >= 11 is 0. The summed E-state index contributed by atoms with van der Waals surface area (Å²) in [5.41, 5.74) is 0.466. The number of nitrogens with zero attached hydrogens (tertiary/aromatic N) is 3. The number of carbonyl (C=O) groups excluding carboxylic acids is 2. The monoisotopic (exact) mass is 471 g/mol. The van der Waals surface area contributed by atoms with Gasteiger partial charge in [-0.3, -0.25) is 9.59 Å². The molecule has 4 aliphatic heterocycles. The Kier molecular flexibility index (Phi) is 8.48. The lowest BCUT2D eigenvalue weighted by Crippen LogP contribution is -2.44. The van der Waals surface area contributed by atoms with E-state index in [1.807, 2.05) is 34.1 Å². The fraction of sp³-hybridized carbons (Fsp3) is 0.704. The van der Waals surface area contributed by atoms with Crippen LogP contribution in [0.1, 0.15) is 61.7 Å². The molecule has 0 atom stereocenters. The van der Waals surface area contributed by atoms with Crippen LogP contribution in [0.3, 0.4) is 0 Å². The number of hydrogen-bond acceptors (Lipinski definition) is 5. The Morgan fingerprint density at radius 2 is 1.76 bits per heavy atom. The molecule has 2 fully saturated rings. The molecule has 1 N–H and O–H groups in total. The van der Waals surface area contributed by atoms with Gasteiger partial charge in [0.2, 0.25) is 5.91 Å². The number of aliphatic hydroxyl groups is 1. The first-order valence-corrected chi connectivity index (χ1v) is 13.1. The minimum atomic E-state index is -0.115. The second-order valence-electron chi connectivity index (χ2n) is 10.6. The molecule has 0 aliphatic carbocycles. The number of benzene rings is 1. The second kappa shape index (κ2) is 11.5. The highest BCUT2D eigenvalue weighted by molar-refractivity contribution is 5.97. The third-order valence-electron chi connectivity index (χ3n) is 8.22. The number of para-hydroxylation sites is 1. The number of aliphatic hydroxyl groups excluding tert-OH is 1. The van der Waals surface area contributed by atoms with Crippen LogP contribution in [0.4, 0.5) is 0 Å². The molecule has 0 radical (unpaired) electrons. The van der Waals surface area contributed by atoms with Crippen molar-refractivity contribution in [3.8, 4) is 5.75 Å². The summed E-state index contributed by atoms with van der Waals surface area (Å²) < 4.78 is 6.08. The van der Waals surface area contributed by atoms with Crippen molar-refractivity contribution in [3.63, 3.8) is 0 Å². The zero-order chi connectivity index (χ0) is 24.0. The first-order valence-electron chi connectivity index (χ1n) is 13.1. The fourth-order valence-electron chi connectivity index (χ4n) is 5.68. The van der Waals surface area contributed by atoms with E-state index in [1.54, 1.807) is 0 Å². The largest absolute Gasteiger partial charge is 0.491 e. The Balaban J connectivity index is 1.47. The Labute approximate surface area is 204 Å². The van der Waals surface area contributed by atoms with Gasteiger partial charge in [-0.05, 0) is 82.1 Å². The van der Waals surface area contributed by atoms with Crippen molar-refractivity contribution in [1.82, 2.24) is 14.7 Å². The van der Waals surface area contributed by atoms with Crippen LogP contribution in [0.5, 0.6) is 5.75 Å². The minimum absolute atomic E-state index is 0.00721. The van der Waals surface area contributed by atoms with Crippen molar-refractivity contribution < 1.29 is 19.4 Å². The van der Waals surface area contributed by atoms with Crippen molar-refractivity contribution in [3.05, 3.63) is 29.8 Å². The highest BCUT2D eigenvalue weighted by atomic mass is 16.5. The molecule has 2 bridgehead atoms. The second-order valence-corrected chi connectivity index (χ2v) is 10.6. The number of likely N-dealkylation sites (tertiary alicyclic amines) is 1. The molecule has 7 heteroatoms. The van der Waals surface area contributed by atoms with Crippen molar-refractivity contribution in [2.24, 2.45) is 11.3 Å². The van der Waals surface area contributed by atoms with Crippen LogP contribution in [0.2, 0.25) is 0 Å². The number of fused-ring (bicyclic) bond motifs is 9. The third kappa shape index (κ3) is 6.11. The number of amides is 2. The SMILES string of the molecule is CN1CCC(CC(=O)N2CCCCC3(CO)CCN(CC3)C(=O)c3ccccc3OCC2)CC1. The molecule has 34 heavy (non-hydrogen) atoms. The number of carbonyl (C=O) groups is 2. The van der Waals surface area contributed by atoms with E-state index in [-0.39, 0.29) is 23.8 Å². The first-order chi connectivity index (χ1) is 16.5. The van der Waals surface area contributed by atoms with Gasteiger partial charge >= 0.3 is 0 Å². The predicted molar refractivity (Wildman–Crippen MR) is 132 cm³/mol. The maximum atomic E-state index is 13.3. The maximum Gasteiger partial charge on any atom is 0.257 e. The molecule has 0 aromatic heterocycles. The van der Waals surface area contributed by atoms with E-state index in [9.17, 15) is 14.7 Å². The molecule has 2 amide bonds. The van der Waals surface area contributed by atoms with Crippen LogP contribution in [0.25, 0.3) is 0 Å². The van der Waals surface area contributed by atoms with Gasteiger partial charge in [-0.25, -0.2) is 0 Å². The summed E-state index contributed by atoms with van der Waals surface area (Å²) in [6.45, 7) is 5.24. The molecule has 0 saturated carbocycles. The van der Waals surface area contributed by atoms with Crippen LogP contribution in [0, 0.1) is 11.3 Å². The topological polar surface area (TPSA) is 73.3 Å². The summed E-state index contributed by atoms with van der Waals surface area (Å²) in [5.74, 6) is 1.26. The van der Waals surface area contributed by atoms with E-state index >= 15 is 0 Å². The molecule has 4 aliphatic rings. The van der Waals surface area contributed by atoms with E-state index in [0.29, 0.717) is 49.9 Å². The normalized spacial score (nSPS) is 23.1. The molecule has 1 aromatic carbocycles. The Morgan fingerprint density at radius 3 is 2.50 bits per heavy atom. The van der Waals surface area contributed by atoms with Gasteiger partial charge in [0, 0.05) is 32.7 Å². The Hall–Kier alpha value is -2.12. The van der Waals surface area contributed by atoms with Gasteiger partial charge in [0.1, 0.15) is 12.4 Å². The van der Waals surface area contributed by atoms with Crippen molar-refractivity contribution in [2.45, 2.75) is 51.4 Å². The van der Waals surface area contributed by atoms with Gasteiger partial charge in [-0.2, -0.15) is 0 Å². The van der Waals surface area contributed by atoms with Gasteiger partial charge in [-0.1, -0.05) is 18.6 Å². The fourth-order valence-corrected chi connectivity index (χ4v) is 5.68. The maximum absolute atomic E-state index is 13.3. The van der Waals surface area contributed by atoms with Crippen molar-refractivity contribution in [2.75, 3.05) is 59.5 Å². The molecule has 7 nitrogen and oxygen atoms in total. The van der Waals surface area contributed by atoms with Crippen LogP contribution >= 0.6 is 0 Å². The van der Waals surface area contributed by atoms with Gasteiger partial charge in [0.15, 0.2) is 0 Å². The average Bonchev–Trinajstić information content (AvgIpc) is 2.87. The highest BCUT2D eigenvalue weighted by Gasteiger charge is 2.36. The van der Waals surface area contributed by atoms with Gasteiger partial charge in [0.05, 0.1) is 12.1 Å². The Morgan fingerprint density at radius 1 is 1.03 bits per heavy atom. The number of rotatable bonds is 3. The molecule has 1 aromatic rings. The summed E-state index contributed by atoms with van der Waals surface area (Å²) in [6.07, 6.45) is 7.25. The summed E-state index contributed by atoms with van der Waals surface area (Å²) in [4.78, 5) is 32.7. The molecule has 0 unspecified atom stereocenters. The molecule has 2 saturated heterocycles. The van der Waals surface area contributed by atoms with Crippen molar-refractivity contribution in [1.29, 1.82) is 0 Å². The molecule has 0 spiro atoms.